The number of thiophene rings is 1. The first-order valence-electron chi connectivity index (χ1n) is 19.7. The van der Waals surface area contributed by atoms with Crippen molar-refractivity contribution < 1.29 is 4.42 Å². The molecule has 3 nitrogen and oxygen atoms in total. The second kappa shape index (κ2) is 13.1. The molecule has 0 bridgehead atoms. The van der Waals surface area contributed by atoms with Gasteiger partial charge < -0.3 is 13.9 Å². The molecule has 0 unspecified atom stereocenters. The van der Waals surface area contributed by atoms with Gasteiger partial charge in [-0.2, -0.15) is 0 Å². The van der Waals surface area contributed by atoms with Crippen molar-refractivity contribution >= 4 is 92.3 Å². The van der Waals surface area contributed by atoms with Gasteiger partial charge in [-0.05, 0) is 95.6 Å². The predicted molar refractivity (Wildman–Crippen MR) is 247 cm³/mol. The Balaban J connectivity index is 1.21. The van der Waals surface area contributed by atoms with Crippen molar-refractivity contribution in [3.63, 3.8) is 0 Å². The largest absolute Gasteiger partial charge is 0.455 e. The molecule has 0 radical (unpaired) electrons. The maximum atomic E-state index is 7.07. The van der Waals surface area contributed by atoms with Gasteiger partial charge in [0.1, 0.15) is 11.2 Å². The average molecular weight is 759 g/mol. The number of nitrogens with zero attached hydrogens (tertiary/aromatic N) is 2. The summed E-state index contributed by atoms with van der Waals surface area (Å²) in [6, 6.07) is 74.3. The van der Waals surface area contributed by atoms with Crippen LogP contribution in [-0.4, -0.2) is 4.57 Å². The van der Waals surface area contributed by atoms with Gasteiger partial charge in [-0.25, -0.2) is 0 Å². The maximum absolute atomic E-state index is 7.07. The number of anilines is 3. The van der Waals surface area contributed by atoms with E-state index in [1.54, 1.807) is 0 Å². The number of hydrogen-bond acceptors (Lipinski definition) is 3. The van der Waals surface area contributed by atoms with Crippen LogP contribution in [-0.2, 0) is 0 Å². The highest BCUT2D eigenvalue weighted by Crippen LogP contribution is 2.50. The van der Waals surface area contributed by atoms with Crippen molar-refractivity contribution in [3.05, 3.63) is 206 Å². The molecule has 0 saturated carbocycles. The topological polar surface area (TPSA) is 21.3 Å². The van der Waals surface area contributed by atoms with Gasteiger partial charge in [0.2, 0.25) is 0 Å². The predicted octanol–water partition coefficient (Wildman–Crippen LogP) is 15.9. The van der Waals surface area contributed by atoms with E-state index < -0.39 is 0 Å². The number of aromatic nitrogens is 1. The quantitative estimate of drug-likeness (QED) is 0.168. The Morgan fingerprint density at radius 3 is 1.91 bits per heavy atom. The first-order valence-corrected chi connectivity index (χ1v) is 20.5. The number of hydrogen-bond donors (Lipinski definition) is 0. The van der Waals surface area contributed by atoms with Crippen LogP contribution in [0.1, 0.15) is 0 Å². The lowest BCUT2D eigenvalue weighted by Crippen LogP contribution is -2.11. The van der Waals surface area contributed by atoms with Gasteiger partial charge in [0.15, 0.2) is 0 Å². The van der Waals surface area contributed by atoms with Crippen molar-refractivity contribution in [1.29, 1.82) is 0 Å². The van der Waals surface area contributed by atoms with Crippen molar-refractivity contribution in [1.82, 2.24) is 4.57 Å². The standard InChI is InChI=1S/C54H34N2OS/c1-4-15-35(16-5-1)37-27-29-43-49(33-37)57-54-40(36-17-6-2-7-18-36)30-31-48(53(43)54)56(39-28-32-51-44(34-39)41-21-11-13-26-50(41)58-51)47-25-14-24-46-52(47)42-22-10-12-23-45(42)55(46)38-19-8-3-9-20-38/h1-34H. The molecule has 0 aliphatic rings. The molecule has 3 heterocycles. The summed E-state index contributed by atoms with van der Waals surface area (Å²) in [5.41, 5.74) is 12.9. The zero-order valence-corrected chi connectivity index (χ0v) is 32.2. The Morgan fingerprint density at radius 2 is 1.09 bits per heavy atom. The fourth-order valence-corrected chi connectivity index (χ4v) is 10.1. The molecule has 0 saturated heterocycles. The van der Waals surface area contributed by atoms with Crippen LogP contribution >= 0.6 is 11.3 Å². The van der Waals surface area contributed by atoms with Crippen LogP contribution < -0.4 is 4.90 Å². The van der Waals surface area contributed by atoms with Crippen LogP contribution in [0, 0.1) is 0 Å². The third-order valence-electron chi connectivity index (χ3n) is 11.6. The smallest absolute Gasteiger partial charge is 0.145 e. The summed E-state index contributed by atoms with van der Waals surface area (Å²) in [7, 11) is 0. The van der Waals surface area contributed by atoms with E-state index in [1.165, 1.54) is 36.5 Å². The molecule has 0 N–H and O–H groups in total. The third-order valence-corrected chi connectivity index (χ3v) is 12.7. The molecule has 9 aromatic carbocycles. The van der Waals surface area contributed by atoms with E-state index in [0.717, 1.165) is 72.5 Å². The van der Waals surface area contributed by atoms with Gasteiger partial charge in [0, 0.05) is 53.3 Å². The summed E-state index contributed by atoms with van der Waals surface area (Å²) < 4.78 is 12.0. The highest BCUT2D eigenvalue weighted by atomic mass is 32.1. The highest BCUT2D eigenvalue weighted by molar-refractivity contribution is 7.25. The Hall–Kier alpha value is -7.40. The molecular formula is C54H34N2OS. The maximum Gasteiger partial charge on any atom is 0.145 e. The summed E-state index contributed by atoms with van der Waals surface area (Å²) >= 11 is 1.85. The molecule has 0 atom stereocenters. The zero-order chi connectivity index (χ0) is 38.2. The van der Waals surface area contributed by atoms with Crippen LogP contribution in [0.3, 0.4) is 0 Å². The molecule has 0 amide bonds. The monoisotopic (exact) mass is 758 g/mol. The average Bonchev–Trinajstić information content (AvgIpc) is 3.97. The van der Waals surface area contributed by atoms with Crippen LogP contribution in [0.5, 0.6) is 0 Å². The summed E-state index contributed by atoms with van der Waals surface area (Å²) in [6.45, 7) is 0. The molecule has 0 spiro atoms. The van der Waals surface area contributed by atoms with Crippen LogP contribution in [0.15, 0.2) is 211 Å². The molecule has 4 heteroatoms. The zero-order valence-electron chi connectivity index (χ0n) is 31.3. The van der Waals surface area contributed by atoms with Gasteiger partial charge in [0.25, 0.3) is 0 Å². The highest BCUT2D eigenvalue weighted by Gasteiger charge is 2.26. The lowest BCUT2D eigenvalue weighted by molar-refractivity contribution is 0.670. The molecular weight excluding hydrogens is 725 g/mol. The minimum atomic E-state index is 0.860. The number of benzene rings is 9. The van der Waals surface area contributed by atoms with Gasteiger partial charge >= 0.3 is 0 Å². The summed E-state index contributed by atoms with van der Waals surface area (Å²) in [5.74, 6) is 0. The number of fused-ring (bicyclic) bond motifs is 9. The molecule has 0 fully saturated rings. The Morgan fingerprint density at radius 1 is 0.414 bits per heavy atom. The molecule has 58 heavy (non-hydrogen) atoms. The van der Waals surface area contributed by atoms with Crippen molar-refractivity contribution in [2.45, 2.75) is 0 Å². The summed E-state index contributed by atoms with van der Waals surface area (Å²) in [5, 5.41) is 7.07. The van der Waals surface area contributed by atoms with Crippen LogP contribution in [0.2, 0.25) is 0 Å². The van der Waals surface area contributed by atoms with Gasteiger partial charge in [-0.1, -0.05) is 127 Å². The van der Waals surface area contributed by atoms with Gasteiger partial charge in [-0.15, -0.1) is 11.3 Å². The normalized spacial score (nSPS) is 11.8. The molecule has 0 aliphatic heterocycles. The van der Waals surface area contributed by atoms with Crippen LogP contribution in [0.4, 0.5) is 17.1 Å². The molecule has 0 aliphatic carbocycles. The molecule has 272 valence electrons. The minimum absolute atomic E-state index is 0.860. The van der Waals surface area contributed by atoms with E-state index in [4.69, 9.17) is 4.42 Å². The lowest BCUT2D eigenvalue weighted by Gasteiger charge is -2.28. The Bertz CT molecular complexity index is 3510. The minimum Gasteiger partial charge on any atom is -0.455 e. The number of para-hydroxylation sites is 2. The van der Waals surface area contributed by atoms with Crippen molar-refractivity contribution in [3.8, 4) is 27.9 Å². The van der Waals surface area contributed by atoms with Crippen molar-refractivity contribution in [2.75, 3.05) is 4.90 Å². The van der Waals surface area contributed by atoms with E-state index in [2.05, 4.69) is 216 Å². The molecule has 12 aromatic rings. The van der Waals surface area contributed by atoms with E-state index in [9.17, 15) is 0 Å². The third kappa shape index (κ3) is 5.05. The molecule has 3 aromatic heterocycles. The number of furan rings is 1. The van der Waals surface area contributed by atoms with E-state index in [-0.39, 0.29) is 0 Å². The van der Waals surface area contributed by atoms with Gasteiger partial charge in [0.05, 0.1) is 27.8 Å². The van der Waals surface area contributed by atoms with E-state index >= 15 is 0 Å². The number of rotatable bonds is 6. The Kier molecular flexibility index (Phi) is 7.40. The fraction of sp³-hybridized carbons (Fsp3) is 0. The SMILES string of the molecule is c1ccc(-c2ccc3c(c2)oc2c(-c4ccccc4)ccc(N(c4ccc5sc6ccccc6c5c4)c4cccc5c4c4ccccc4n5-c4ccccc4)c23)cc1. The Labute approximate surface area is 338 Å². The van der Waals surface area contributed by atoms with E-state index in [1.807, 2.05) is 11.3 Å². The summed E-state index contributed by atoms with van der Waals surface area (Å²) in [4.78, 5) is 2.48. The van der Waals surface area contributed by atoms with Crippen molar-refractivity contribution in [2.24, 2.45) is 0 Å². The molecule has 12 rings (SSSR count). The second-order valence-corrected chi connectivity index (χ2v) is 15.9. The van der Waals surface area contributed by atoms with Crippen LogP contribution in [0.25, 0.3) is 91.9 Å². The van der Waals surface area contributed by atoms with E-state index in [0.29, 0.717) is 0 Å². The first kappa shape index (κ1) is 32.8. The summed E-state index contributed by atoms with van der Waals surface area (Å²) in [6.07, 6.45) is 0. The fourth-order valence-electron chi connectivity index (χ4n) is 9.01. The lowest BCUT2D eigenvalue weighted by atomic mass is 9.98. The first-order chi connectivity index (χ1) is 28.8. The second-order valence-electron chi connectivity index (χ2n) is 14.9. The van der Waals surface area contributed by atoms with Gasteiger partial charge in [-0.3, -0.25) is 0 Å².